The van der Waals surface area contributed by atoms with Gasteiger partial charge in [-0.25, -0.2) is 8.42 Å². The number of para-hydroxylation sites is 1. The molecule has 28 heavy (non-hydrogen) atoms. The van der Waals surface area contributed by atoms with E-state index in [9.17, 15) is 13.2 Å². The summed E-state index contributed by atoms with van der Waals surface area (Å²) in [5.74, 6) is -0.395. The normalized spacial score (nSPS) is 12.2. The lowest BCUT2D eigenvalue weighted by Crippen LogP contribution is -2.27. The Morgan fingerprint density at radius 3 is 2.50 bits per heavy atom. The van der Waals surface area contributed by atoms with Crippen LogP contribution in [0.2, 0.25) is 5.02 Å². The second kappa shape index (κ2) is 8.41. The van der Waals surface area contributed by atoms with Crippen LogP contribution in [0.4, 0.5) is 5.69 Å². The Morgan fingerprint density at radius 1 is 1.04 bits per heavy atom. The number of benzene rings is 2. The van der Waals surface area contributed by atoms with Gasteiger partial charge in [-0.05, 0) is 49.4 Å². The molecule has 3 aromatic rings. The van der Waals surface area contributed by atoms with E-state index >= 15 is 0 Å². The van der Waals surface area contributed by atoms with Crippen LogP contribution in [0.3, 0.4) is 0 Å². The van der Waals surface area contributed by atoms with Crippen LogP contribution in [0.15, 0.2) is 77.8 Å². The second-order valence-corrected chi connectivity index (χ2v) is 8.15. The maximum atomic E-state index is 12.7. The first-order valence-electron chi connectivity index (χ1n) is 8.46. The molecular weight excluding hydrogens is 398 g/mol. The third kappa shape index (κ3) is 4.68. The van der Waals surface area contributed by atoms with E-state index in [-0.39, 0.29) is 27.2 Å². The van der Waals surface area contributed by atoms with Gasteiger partial charge in [0.25, 0.3) is 15.9 Å². The van der Waals surface area contributed by atoms with Gasteiger partial charge in [-0.15, -0.1) is 0 Å². The number of nitrogens with zero attached hydrogens (tertiary/aromatic N) is 1. The summed E-state index contributed by atoms with van der Waals surface area (Å²) in [5.41, 5.74) is 1.20. The Morgan fingerprint density at radius 2 is 1.79 bits per heavy atom. The van der Waals surface area contributed by atoms with E-state index in [1.807, 2.05) is 6.07 Å². The maximum absolute atomic E-state index is 12.7. The average molecular weight is 416 g/mol. The Labute approximate surface area is 168 Å². The highest BCUT2D eigenvalue weighted by atomic mass is 35.5. The van der Waals surface area contributed by atoms with Crippen molar-refractivity contribution in [3.8, 4) is 0 Å². The highest BCUT2D eigenvalue weighted by molar-refractivity contribution is 7.92. The van der Waals surface area contributed by atoms with Gasteiger partial charge >= 0.3 is 0 Å². The van der Waals surface area contributed by atoms with Crippen LogP contribution in [0.1, 0.15) is 29.0 Å². The van der Waals surface area contributed by atoms with Crippen molar-refractivity contribution in [1.82, 2.24) is 10.3 Å². The monoisotopic (exact) mass is 415 g/mol. The summed E-state index contributed by atoms with van der Waals surface area (Å²) in [7, 11) is -3.90. The molecule has 1 aromatic heterocycles. The minimum Gasteiger partial charge on any atom is -0.344 e. The number of carbonyl (C=O) groups is 1. The molecule has 0 spiro atoms. The zero-order valence-electron chi connectivity index (χ0n) is 15.0. The van der Waals surface area contributed by atoms with Gasteiger partial charge in [-0.2, -0.15) is 0 Å². The molecule has 1 unspecified atom stereocenters. The van der Waals surface area contributed by atoms with Crippen molar-refractivity contribution in [1.29, 1.82) is 0 Å². The van der Waals surface area contributed by atoms with Gasteiger partial charge in [0.2, 0.25) is 0 Å². The molecule has 1 amide bonds. The van der Waals surface area contributed by atoms with Crippen molar-refractivity contribution in [2.45, 2.75) is 17.9 Å². The predicted molar refractivity (Wildman–Crippen MR) is 109 cm³/mol. The quantitative estimate of drug-likeness (QED) is 0.636. The van der Waals surface area contributed by atoms with Crippen LogP contribution >= 0.6 is 11.6 Å². The number of pyridine rings is 1. The fourth-order valence-electron chi connectivity index (χ4n) is 2.54. The standard InChI is InChI=1S/C20H18ClN3O3S/c1-14(18-10-4-5-12-22-18)23-20(25)15-7-6-8-16(13-15)28(26,27)24-19-11-3-2-9-17(19)21/h2-14,24H,1H3,(H,23,25). The molecule has 2 N–H and O–H groups in total. The molecule has 0 aliphatic carbocycles. The second-order valence-electron chi connectivity index (χ2n) is 6.06. The molecule has 2 aromatic carbocycles. The lowest BCUT2D eigenvalue weighted by atomic mass is 10.1. The molecule has 3 rings (SSSR count). The van der Waals surface area contributed by atoms with Crippen LogP contribution in [-0.2, 0) is 10.0 Å². The summed E-state index contributed by atoms with van der Waals surface area (Å²) >= 11 is 6.02. The Hall–Kier alpha value is -2.90. The molecule has 0 saturated carbocycles. The van der Waals surface area contributed by atoms with Gasteiger partial charge in [0.1, 0.15) is 0 Å². The molecule has 1 atom stereocenters. The van der Waals surface area contributed by atoms with E-state index in [0.29, 0.717) is 5.69 Å². The smallest absolute Gasteiger partial charge is 0.261 e. The van der Waals surface area contributed by atoms with E-state index in [2.05, 4.69) is 15.0 Å². The molecule has 0 bridgehead atoms. The van der Waals surface area contributed by atoms with Gasteiger partial charge in [-0.3, -0.25) is 14.5 Å². The number of carbonyl (C=O) groups excluding carboxylic acids is 1. The number of sulfonamides is 1. The lowest BCUT2D eigenvalue weighted by molar-refractivity contribution is 0.0939. The van der Waals surface area contributed by atoms with Gasteiger partial charge in [0, 0.05) is 11.8 Å². The number of hydrogen-bond acceptors (Lipinski definition) is 4. The van der Waals surface area contributed by atoms with Crippen LogP contribution in [0, 0.1) is 0 Å². The fraction of sp³-hybridized carbons (Fsp3) is 0.100. The number of rotatable bonds is 6. The van der Waals surface area contributed by atoms with Crippen molar-refractivity contribution in [2.75, 3.05) is 4.72 Å². The van der Waals surface area contributed by atoms with E-state index in [4.69, 9.17) is 11.6 Å². The van der Waals surface area contributed by atoms with Gasteiger partial charge < -0.3 is 5.32 Å². The number of hydrogen-bond donors (Lipinski definition) is 2. The first kappa shape index (κ1) is 19.9. The SMILES string of the molecule is CC(NC(=O)c1cccc(S(=O)(=O)Nc2ccccc2Cl)c1)c1ccccn1. The van der Waals surface area contributed by atoms with Crippen LogP contribution < -0.4 is 10.0 Å². The molecule has 0 fully saturated rings. The maximum Gasteiger partial charge on any atom is 0.261 e. The fourth-order valence-corrected chi connectivity index (χ4v) is 3.90. The Kier molecular flexibility index (Phi) is 5.96. The molecule has 8 heteroatoms. The molecule has 6 nitrogen and oxygen atoms in total. The molecule has 0 radical (unpaired) electrons. The molecule has 0 aliphatic heterocycles. The van der Waals surface area contributed by atoms with Crippen molar-refractivity contribution in [3.05, 3.63) is 89.2 Å². The largest absolute Gasteiger partial charge is 0.344 e. The van der Waals surface area contributed by atoms with Gasteiger partial charge in [0.15, 0.2) is 0 Å². The first-order chi connectivity index (χ1) is 13.4. The van der Waals surface area contributed by atoms with Crippen LogP contribution in [0.25, 0.3) is 0 Å². The van der Waals surface area contributed by atoms with Crippen molar-refractivity contribution in [3.63, 3.8) is 0 Å². The van der Waals surface area contributed by atoms with Gasteiger partial charge in [-0.1, -0.05) is 35.9 Å². The molecule has 0 aliphatic rings. The zero-order valence-corrected chi connectivity index (χ0v) is 16.5. The van der Waals surface area contributed by atoms with Crippen molar-refractivity contribution < 1.29 is 13.2 Å². The predicted octanol–water partition coefficient (Wildman–Crippen LogP) is 4.03. The third-order valence-corrected chi connectivity index (χ3v) is 5.70. The molecular formula is C20H18ClN3O3S. The van der Waals surface area contributed by atoms with Crippen molar-refractivity contribution >= 4 is 33.2 Å². The minimum absolute atomic E-state index is 0.0365. The van der Waals surface area contributed by atoms with Gasteiger partial charge in [0.05, 0.1) is 27.3 Å². The van der Waals surface area contributed by atoms with E-state index in [1.165, 1.54) is 18.2 Å². The average Bonchev–Trinajstić information content (AvgIpc) is 2.70. The Bertz CT molecular complexity index is 1090. The third-order valence-electron chi connectivity index (χ3n) is 4.00. The summed E-state index contributed by atoms with van der Waals surface area (Å²) in [6.45, 7) is 1.81. The summed E-state index contributed by atoms with van der Waals surface area (Å²) in [4.78, 5) is 16.7. The van der Waals surface area contributed by atoms with Crippen LogP contribution in [-0.4, -0.2) is 19.3 Å². The topological polar surface area (TPSA) is 88.2 Å². The zero-order chi connectivity index (χ0) is 20.1. The van der Waals surface area contributed by atoms with Crippen LogP contribution in [0.5, 0.6) is 0 Å². The van der Waals surface area contributed by atoms with E-state index in [1.54, 1.807) is 55.6 Å². The molecule has 144 valence electrons. The highest BCUT2D eigenvalue weighted by Gasteiger charge is 2.18. The Balaban J connectivity index is 1.79. The molecule has 1 heterocycles. The van der Waals surface area contributed by atoms with E-state index < -0.39 is 15.9 Å². The van der Waals surface area contributed by atoms with E-state index in [0.717, 1.165) is 0 Å². The lowest BCUT2D eigenvalue weighted by Gasteiger charge is -2.14. The summed E-state index contributed by atoms with van der Waals surface area (Å²) in [6, 6.07) is 17.4. The number of aromatic nitrogens is 1. The number of halogens is 1. The highest BCUT2D eigenvalue weighted by Crippen LogP contribution is 2.24. The summed E-state index contributed by atoms with van der Waals surface area (Å²) < 4.78 is 27.8. The molecule has 0 saturated heterocycles. The minimum atomic E-state index is -3.90. The summed E-state index contributed by atoms with van der Waals surface area (Å²) in [6.07, 6.45) is 1.64. The summed E-state index contributed by atoms with van der Waals surface area (Å²) in [5, 5.41) is 3.09. The number of amides is 1. The first-order valence-corrected chi connectivity index (χ1v) is 10.3. The van der Waals surface area contributed by atoms with Crippen molar-refractivity contribution in [2.24, 2.45) is 0 Å². The number of anilines is 1. The number of nitrogens with one attached hydrogen (secondary N) is 2.